The number of esters is 4. The molecule has 0 aliphatic rings. The highest BCUT2D eigenvalue weighted by atomic mass is 16.6. The molecule has 0 aliphatic heterocycles. The van der Waals surface area contributed by atoms with E-state index in [4.69, 9.17) is 23.7 Å². The minimum absolute atomic E-state index is 0.278. The Morgan fingerprint density at radius 3 is 2.12 bits per heavy atom. The highest BCUT2D eigenvalue weighted by Gasteiger charge is 2.28. The third-order valence-corrected chi connectivity index (χ3v) is 3.73. The Kier molecular flexibility index (Phi) is 10.4. The second-order valence-electron chi connectivity index (χ2n) is 7.45. The molecule has 1 unspecified atom stereocenters. The van der Waals surface area contributed by atoms with Crippen LogP contribution in [-0.2, 0) is 33.4 Å². The average molecular weight is 450 g/mol. The normalized spacial score (nSPS) is 11.9. The van der Waals surface area contributed by atoms with E-state index in [0.717, 1.165) is 6.08 Å². The van der Waals surface area contributed by atoms with Gasteiger partial charge in [0.05, 0.1) is 25.7 Å². The van der Waals surface area contributed by atoms with Crippen molar-refractivity contribution in [2.24, 2.45) is 0 Å². The van der Waals surface area contributed by atoms with Gasteiger partial charge in [0.25, 0.3) is 0 Å². The first-order valence-electron chi connectivity index (χ1n) is 10.1. The van der Waals surface area contributed by atoms with Gasteiger partial charge in [-0.3, -0.25) is 9.59 Å². The van der Waals surface area contributed by atoms with Crippen molar-refractivity contribution in [2.75, 3.05) is 7.11 Å². The lowest BCUT2D eigenvalue weighted by atomic mass is 10.1. The van der Waals surface area contributed by atoms with E-state index in [9.17, 15) is 19.2 Å². The van der Waals surface area contributed by atoms with Crippen molar-refractivity contribution in [1.82, 2.24) is 0 Å². The molecule has 1 atom stereocenters. The van der Waals surface area contributed by atoms with Crippen molar-refractivity contribution < 1.29 is 42.9 Å². The van der Waals surface area contributed by atoms with E-state index in [1.54, 1.807) is 46.8 Å². The largest absolute Gasteiger partial charge is 0.493 e. The highest BCUT2D eigenvalue weighted by molar-refractivity contribution is 5.91. The van der Waals surface area contributed by atoms with E-state index in [0.29, 0.717) is 16.9 Å². The van der Waals surface area contributed by atoms with Gasteiger partial charge in [0, 0.05) is 13.0 Å². The highest BCUT2D eigenvalue weighted by Crippen LogP contribution is 2.33. The van der Waals surface area contributed by atoms with Crippen molar-refractivity contribution in [2.45, 2.75) is 66.3 Å². The van der Waals surface area contributed by atoms with E-state index in [1.165, 1.54) is 20.1 Å². The molecule has 0 saturated carbocycles. The summed E-state index contributed by atoms with van der Waals surface area (Å²) in [5, 5.41) is 0. The first-order valence-corrected chi connectivity index (χ1v) is 10.1. The predicted octanol–water partition coefficient (Wildman–Crippen LogP) is 3.15. The zero-order valence-electron chi connectivity index (χ0n) is 19.4. The average Bonchev–Trinajstić information content (AvgIpc) is 2.66. The molecule has 0 amide bonds. The molecule has 0 aliphatic carbocycles. The molecule has 0 N–H and O–H groups in total. The fourth-order valence-electron chi connectivity index (χ4n) is 2.58. The van der Waals surface area contributed by atoms with Crippen LogP contribution in [-0.4, -0.2) is 49.3 Å². The third-order valence-electron chi connectivity index (χ3n) is 3.73. The molecule has 0 bridgehead atoms. The first kappa shape index (κ1) is 26.7. The van der Waals surface area contributed by atoms with Crippen molar-refractivity contribution in [3.8, 4) is 11.5 Å². The fourth-order valence-corrected chi connectivity index (χ4v) is 2.58. The summed E-state index contributed by atoms with van der Waals surface area (Å²) < 4.78 is 25.6. The van der Waals surface area contributed by atoms with Gasteiger partial charge in [-0.15, -0.1) is 0 Å². The van der Waals surface area contributed by atoms with Gasteiger partial charge in [-0.1, -0.05) is 0 Å². The van der Waals surface area contributed by atoms with Crippen molar-refractivity contribution in [3.63, 3.8) is 0 Å². The molecule has 0 saturated heterocycles. The Morgan fingerprint density at radius 1 is 0.969 bits per heavy atom. The molecule has 0 radical (unpaired) electrons. The Labute approximate surface area is 187 Å². The number of rotatable bonds is 10. The summed E-state index contributed by atoms with van der Waals surface area (Å²) in [4.78, 5) is 47.8. The number of hydrogen-bond acceptors (Lipinski definition) is 9. The lowest BCUT2D eigenvalue weighted by Crippen LogP contribution is -2.33. The summed E-state index contributed by atoms with van der Waals surface area (Å²) in [6.07, 6.45) is -0.202. The number of benzene rings is 1. The van der Waals surface area contributed by atoms with Crippen LogP contribution < -0.4 is 9.47 Å². The maximum atomic E-state index is 12.3. The molecule has 32 heavy (non-hydrogen) atoms. The first-order chi connectivity index (χ1) is 14.9. The smallest absolute Gasteiger partial charge is 0.348 e. The number of aryl methyl sites for hydroxylation is 1. The Bertz CT molecular complexity index is 868. The molecule has 0 fully saturated rings. The van der Waals surface area contributed by atoms with Gasteiger partial charge < -0.3 is 23.7 Å². The molecule has 176 valence electrons. The number of carbonyl (C=O) groups excluding carboxylic acids is 4. The van der Waals surface area contributed by atoms with E-state index in [-0.39, 0.29) is 11.9 Å². The van der Waals surface area contributed by atoms with Crippen LogP contribution >= 0.6 is 0 Å². The lowest BCUT2D eigenvalue weighted by molar-refractivity contribution is -0.172. The SMILES string of the molecule is COc1cc(/C=C/C(=O)OC(CC(=O)OC(C)C)C(=O)OC(C)C)cc(C)c1OC(C)=O. The van der Waals surface area contributed by atoms with Crippen LogP contribution in [0.25, 0.3) is 6.08 Å². The summed E-state index contributed by atoms with van der Waals surface area (Å²) in [5.41, 5.74) is 1.18. The number of ether oxygens (including phenoxy) is 5. The standard InChI is InChI=1S/C23H30O9/c1-13(2)29-21(26)12-19(23(27)30-14(3)4)32-20(25)9-8-17-10-15(5)22(31-16(6)24)18(11-17)28-7/h8-11,13-14,19H,12H2,1-7H3/b9-8+. The molecule has 9 heteroatoms. The van der Waals surface area contributed by atoms with E-state index < -0.39 is 42.5 Å². The molecule has 1 rings (SSSR count). The summed E-state index contributed by atoms with van der Waals surface area (Å²) in [5.74, 6) is -2.29. The van der Waals surface area contributed by atoms with E-state index in [2.05, 4.69) is 0 Å². The van der Waals surface area contributed by atoms with Gasteiger partial charge in [0.15, 0.2) is 11.5 Å². The summed E-state index contributed by atoms with van der Waals surface area (Å²) in [6.45, 7) is 9.60. The minimum atomic E-state index is -1.44. The van der Waals surface area contributed by atoms with Gasteiger partial charge in [-0.25, -0.2) is 9.59 Å². The van der Waals surface area contributed by atoms with Crippen LogP contribution in [0.3, 0.4) is 0 Å². The molecule has 9 nitrogen and oxygen atoms in total. The number of methoxy groups -OCH3 is 1. The maximum Gasteiger partial charge on any atom is 0.348 e. The number of carbonyl (C=O) groups is 4. The Morgan fingerprint density at radius 2 is 1.59 bits per heavy atom. The quantitative estimate of drug-likeness (QED) is 0.229. The monoisotopic (exact) mass is 450 g/mol. The van der Waals surface area contributed by atoms with Gasteiger partial charge >= 0.3 is 23.9 Å². The minimum Gasteiger partial charge on any atom is -0.493 e. The Hall–Kier alpha value is -3.36. The van der Waals surface area contributed by atoms with E-state index in [1.807, 2.05) is 0 Å². The molecule has 1 aromatic rings. The molecular weight excluding hydrogens is 420 g/mol. The van der Waals surface area contributed by atoms with Crippen LogP contribution in [0.4, 0.5) is 0 Å². The maximum absolute atomic E-state index is 12.3. The Balaban J connectivity index is 2.99. The molecule has 0 spiro atoms. The van der Waals surface area contributed by atoms with Crippen LogP contribution in [0, 0.1) is 6.92 Å². The van der Waals surface area contributed by atoms with Crippen LogP contribution in [0.5, 0.6) is 11.5 Å². The van der Waals surface area contributed by atoms with Gasteiger partial charge in [0.1, 0.15) is 0 Å². The zero-order chi connectivity index (χ0) is 24.4. The second-order valence-corrected chi connectivity index (χ2v) is 7.45. The van der Waals surface area contributed by atoms with Gasteiger partial charge in [0.2, 0.25) is 6.10 Å². The number of hydrogen-bond donors (Lipinski definition) is 0. The fraction of sp³-hybridized carbons (Fsp3) is 0.478. The van der Waals surface area contributed by atoms with Crippen LogP contribution in [0.2, 0.25) is 0 Å². The molecule has 0 heterocycles. The zero-order valence-corrected chi connectivity index (χ0v) is 19.4. The van der Waals surface area contributed by atoms with Crippen LogP contribution in [0.15, 0.2) is 18.2 Å². The molecular formula is C23H30O9. The summed E-state index contributed by atoms with van der Waals surface area (Å²) >= 11 is 0. The van der Waals surface area contributed by atoms with Crippen molar-refractivity contribution >= 4 is 30.0 Å². The van der Waals surface area contributed by atoms with Crippen molar-refractivity contribution in [1.29, 1.82) is 0 Å². The summed E-state index contributed by atoms with van der Waals surface area (Å²) in [7, 11) is 1.42. The van der Waals surface area contributed by atoms with Gasteiger partial charge in [-0.05, 0) is 64.0 Å². The van der Waals surface area contributed by atoms with Gasteiger partial charge in [-0.2, -0.15) is 0 Å². The van der Waals surface area contributed by atoms with Crippen molar-refractivity contribution in [3.05, 3.63) is 29.3 Å². The predicted molar refractivity (Wildman–Crippen MR) is 115 cm³/mol. The summed E-state index contributed by atoms with van der Waals surface area (Å²) in [6, 6.07) is 3.24. The van der Waals surface area contributed by atoms with Crippen LogP contribution in [0.1, 0.15) is 52.2 Å². The lowest BCUT2D eigenvalue weighted by Gasteiger charge is -2.18. The topological polar surface area (TPSA) is 114 Å². The van der Waals surface area contributed by atoms with E-state index >= 15 is 0 Å². The third kappa shape index (κ3) is 9.20. The second kappa shape index (κ2) is 12.5. The molecule has 1 aromatic carbocycles. The molecule has 0 aromatic heterocycles.